The second-order valence-electron chi connectivity index (χ2n) is 12.7. The summed E-state index contributed by atoms with van der Waals surface area (Å²) in [5.74, 6) is -0.419. The quantitative estimate of drug-likeness (QED) is 0.143. The van der Waals surface area contributed by atoms with Crippen LogP contribution in [-0.4, -0.2) is 30.6 Å². The molecule has 0 atom stereocenters. The molecule has 3 N–H and O–H groups in total. The van der Waals surface area contributed by atoms with E-state index >= 15 is 0 Å². The Bertz CT molecular complexity index is 2080. The van der Waals surface area contributed by atoms with Crippen molar-refractivity contribution < 1.29 is 0 Å². The van der Waals surface area contributed by atoms with Crippen molar-refractivity contribution in [2.24, 2.45) is 0 Å². The molecule has 0 aliphatic rings. The first-order valence-corrected chi connectivity index (χ1v) is 17.4. The Kier molecular flexibility index (Phi) is 8.15. The maximum atomic E-state index is 5.13. The van der Waals surface area contributed by atoms with E-state index in [2.05, 4.69) is 161 Å². The van der Waals surface area contributed by atoms with Crippen molar-refractivity contribution in [1.29, 1.82) is 0 Å². The molecule has 0 fully saturated rings. The number of hydrogen-bond acceptors (Lipinski definition) is 3. The standard InChI is InChI=1S/C46H34N6/c1-7-19-31(20-8-1)41-38(42(48-47-41)32-21-9-2-10-22-32)37(39-43(33-23-11-3-12-24-33)49-50-44(39)34-25-13-4-14-26-34)40-45(35-27-15-5-16-28-35)51-52-46(40)36-29-17-6-18-30-36/h1-30,37H,(H,47,48)(H,49,50)(H,51,52). The van der Waals surface area contributed by atoms with Crippen molar-refractivity contribution in [2.75, 3.05) is 0 Å². The van der Waals surface area contributed by atoms with Crippen molar-refractivity contribution in [2.45, 2.75) is 5.92 Å². The fraction of sp³-hybridized carbons (Fsp3) is 0.0217. The molecule has 52 heavy (non-hydrogen) atoms. The molecule has 6 nitrogen and oxygen atoms in total. The predicted octanol–water partition coefficient (Wildman–Crippen LogP) is 11.0. The van der Waals surface area contributed by atoms with Gasteiger partial charge in [0.1, 0.15) is 0 Å². The van der Waals surface area contributed by atoms with Gasteiger partial charge >= 0.3 is 0 Å². The normalized spacial score (nSPS) is 11.2. The molecule has 3 heterocycles. The molecule has 9 aromatic rings. The van der Waals surface area contributed by atoms with Gasteiger partial charge in [0.25, 0.3) is 0 Å². The third-order valence-corrected chi connectivity index (χ3v) is 9.61. The van der Waals surface area contributed by atoms with Crippen LogP contribution in [0.3, 0.4) is 0 Å². The topological polar surface area (TPSA) is 86.0 Å². The third-order valence-electron chi connectivity index (χ3n) is 9.61. The minimum atomic E-state index is -0.419. The third kappa shape index (κ3) is 5.62. The predicted molar refractivity (Wildman–Crippen MR) is 209 cm³/mol. The molecule has 6 aromatic carbocycles. The zero-order valence-electron chi connectivity index (χ0n) is 28.2. The van der Waals surface area contributed by atoms with Crippen LogP contribution in [0.25, 0.3) is 67.5 Å². The number of hydrogen-bond donors (Lipinski definition) is 3. The molecule has 0 aliphatic heterocycles. The zero-order valence-corrected chi connectivity index (χ0v) is 28.2. The first kappa shape index (κ1) is 31.0. The highest BCUT2D eigenvalue weighted by Crippen LogP contribution is 2.51. The number of rotatable bonds is 9. The lowest BCUT2D eigenvalue weighted by Gasteiger charge is -2.24. The van der Waals surface area contributed by atoms with Gasteiger partial charge in [-0.1, -0.05) is 182 Å². The van der Waals surface area contributed by atoms with Gasteiger partial charge in [-0.05, 0) is 16.7 Å². The molecule has 0 bridgehead atoms. The van der Waals surface area contributed by atoms with E-state index in [1.54, 1.807) is 0 Å². The van der Waals surface area contributed by atoms with Gasteiger partial charge in [-0.2, -0.15) is 15.3 Å². The highest BCUT2D eigenvalue weighted by molar-refractivity contribution is 5.87. The SMILES string of the molecule is c1ccc(-c2n[nH]c(-c3ccccc3)c2C(c2c(-c3ccccc3)n[nH]c2-c2ccccc2)c2c(-c3ccccc3)n[nH]c2-c2ccccc2)cc1. The zero-order chi connectivity index (χ0) is 34.7. The van der Waals surface area contributed by atoms with Crippen LogP contribution in [-0.2, 0) is 0 Å². The van der Waals surface area contributed by atoms with Gasteiger partial charge in [0.2, 0.25) is 0 Å². The summed E-state index contributed by atoms with van der Waals surface area (Å²) in [5.41, 5.74) is 14.6. The smallest absolute Gasteiger partial charge is 0.0968 e. The second-order valence-corrected chi connectivity index (χ2v) is 12.7. The summed E-state index contributed by atoms with van der Waals surface area (Å²) >= 11 is 0. The van der Waals surface area contributed by atoms with E-state index < -0.39 is 5.92 Å². The van der Waals surface area contributed by atoms with Crippen molar-refractivity contribution in [3.05, 3.63) is 199 Å². The summed E-state index contributed by atoms with van der Waals surface area (Å²) in [5, 5.41) is 25.9. The molecule has 248 valence electrons. The molecule has 0 spiro atoms. The summed E-state index contributed by atoms with van der Waals surface area (Å²) in [7, 11) is 0. The van der Waals surface area contributed by atoms with Gasteiger partial charge in [0.05, 0.1) is 34.2 Å². The Morgan fingerprint density at radius 2 is 0.481 bits per heavy atom. The number of nitrogens with zero attached hydrogens (tertiary/aromatic N) is 3. The highest BCUT2D eigenvalue weighted by Gasteiger charge is 2.37. The van der Waals surface area contributed by atoms with E-state index in [4.69, 9.17) is 15.3 Å². The van der Waals surface area contributed by atoms with Gasteiger partial charge in [-0.3, -0.25) is 15.3 Å². The van der Waals surface area contributed by atoms with E-state index in [0.717, 1.165) is 84.2 Å². The van der Waals surface area contributed by atoms with Crippen LogP contribution < -0.4 is 0 Å². The summed E-state index contributed by atoms with van der Waals surface area (Å²) in [6.07, 6.45) is 0. The van der Waals surface area contributed by atoms with E-state index in [9.17, 15) is 0 Å². The van der Waals surface area contributed by atoms with Crippen LogP contribution in [0.15, 0.2) is 182 Å². The maximum absolute atomic E-state index is 5.13. The number of benzene rings is 6. The Morgan fingerprint density at radius 3 is 0.712 bits per heavy atom. The average molecular weight is 671 g/mol. The first-order valence-electron chi connectivity index (χ1n) is 17.4. The number of aromatic amines is 3. The molecule has 0 saturated carbocycles. The Hall–Kier alpha value is -7.05. The van der Waals surface area contributed by atoms with Crippen molar-refractivity contribution >= 4 is 0 Å². The van der Waals surface area contributed by atoms with Crippen LogP contribution in [0.4, 0.5) is 0 Å². The van der Waals surface area contributed by atoms with Crippen LogP contribution in [0.2, 0.25) is 0 Å². The number of H-pyrrole nitrogens is 3. The first-order chi connectivity index (χ1) is 25.8. The lowest BCUT2D eigenvalue weighted by molar-refractivity contribution is 0.996. The lowest BCUT2D eigenvalue weighted by atomic mass is 9.76. The molecular weight excluding hydrogens is 637 g/mol. The minimum absolute atomic E-state index is 0.419. The maximum Gasteiger partial charge on any atom is 0.0968 e. The Balaban J connectivity index is 1.47. The van der Waals surface area contributed by atoms with Gasteiger partial charge in [-0.25, -0.2) is 0 Å². The van der Waals surface area contributed by atoms with E-state index in [1.165, 1.54) is 0 Å². The fourth-order valence-electron chi connectivity index (χ4n) is 7.25. The Morgan fingerprint density at radius 1 is 0.269 bits per heavy atom. The summed E-state index contributed by atoms with van der Waals surface area (Å²) in [6, 6.07) is 62.7. The van der Waals surface area contributed by atoms with E-state index in [0.29, 0.717) is 0 Å². The summed E-state index contributed by atoms with van der Waals surface area (Å²) in [6.45, 7) is 0. The van der Waals surface area contributed by atoms with E-state index in [-0.39, 0.29) is 0 Å². The monoisotopic (exact) mass is 670 g/mol. The molecule has 0 unspecified atom stereocenters. The average Bonchev–Trinajstić information content (AvgIpc) is 3.99. The summed E-state index contributed by atoms with van der Waals surface area (Å²) in [4.78, 5) is 0. The lowest BCUT2D eigenvalue weighted by Crippen LogP contribution is -2.10. The molecule has 3 aromatic heterocycles. The molecule has 0 aliphatic carbocycles. The molecule has 9 rings (SSSR count). The molecule has 6 heteroatoms. The largest absolute Gasteiger partial charge is 0.277 e. The van der Waals surface area contributed by atoms with Crippen LogP contribution in [0.1, 0.15) is 22.6 Å². The van der Waals surface area contributed by atoms with Crippen molar-refractivity contribution in [3.8, 4) is 67.5 Å². The molecular formula is C46H34N6. The molecule has 0 radical (unpaired) electrons. The number of nitrogens with one attached hydrogen (secondary N) is 3. The summed E-state index contributed by atoms with van der Waals surface area (Å²) < 4.78 is 0. The van der Waals surface area contributed by atoms with Crippen molar-refractivity contribution in [3.63, 3.8) is 0 Å². The Labute approximate surface area is 301 Å². The fourth-order valence-corrected chi connectivity index (χ4v) is 7.25. The highest BCUT2D eigenvalue weighted by atomic mass is 15.2. The minimum Gasteiger partial charge on any atom is -0.277 e. The van der Waals surface area contributed by atoms with Gasteiger partial charge in [-0.15, -0.1) is 0 Å². The van der Waals surface area contributed by atoms with Gasteiger partial charge in [0.15, 0.2) is 0 Å². The van der Waals surface area contributed by atoms with Gasteiger partial charge < -0.3 is 0 Å². The van der Waals surface area contributed by atoms with Crippen LogP contribution >= 0.6 is 0 Å². The van der Waals surface area contributed by atoms with Crippen molar-refractivity contribution in [1.82, 2.24) is 30.6 Å². The molecule has 0 saturated heterocycles. The van der Waals surface area contributed by atoms with E-state index in [1.807, 2.05) is 36.4 Å². The van der Waals surface area contributed by atoms with Crippen LogP contribution in [0.5, 0.6) is 0 Å². The molecule has 0 amide bonds. The van der Waals surface area contributed by atoms with Gasteiger partial charge in [0, 0.05) is 39.3 Å². The number of aromatic nitrogens is 6. The van der Waals surface area contributed by atoms with Crippen LogP contribution in [0, 0.1) is 0 Å². The second kappa shape index (κ2) is 13.7.